The van der Waals surface area contributed by atoms with E-state index >= 15 is 0 Å². The zero-order valence-corrected chi connectivity index (χ0v) is 17.7. The van der Waals surface area contributed by atoms with E-state index in [9.17, 15) is 0 Å². The Bertz CT molecular complexity index is 1290. The second-order valence-corrected chi connectivity index (χ2v) is 8.10. The molecular formula is C28H21Br. The van der Waals surface area contributed by atoms with Crippen molar-refractivity contribution in [1.29, 1.82) is 0 Å². The van der Waals surface area contributed by atoms with Crippen molar-refractivity contribution in [2.75, 3.05) is 5.33 Å². The van der Waals surface area contributed by atoms with Crippen molar-refractivity contribution in [3.05, 3.63) is 109 Å². The maximum atomic E-state index is 3.67. The Morgan fingerprint density at radius 3 is 1.62 bits per heavy atom. The molecule has 0 amide bonds. The first-order valence-corrected chi connectivity index (χ1v) is 11.1. The van der Waals surface area contributed by atoms with Crippen LogP contribution < -0.4 is 0 Å². The van der Waals surface area contributed by atoms with Crippen LogP contribution in [0.2, 0.25) is 0 Å². The molecule has 0 N–H and O–H groups in total. The van der Waals surface area contributed by atoms with Crippen LogP contribution in [0.3, 0.4) is 0 Å². The van der Waals surface area contributed by atoms with Gasteiger partial charge in [-0.25, -0.2) is 0 Å². The molecular weight excluding hydrogens is 416 g/mol. The molecule has 29 heavy (non-hydrogen) atoms. The third-order valence-corrected chi connectivity index (χ3v) is 6.02. The molecule has 0 atom stereocenters. The molecule has 140 valence electrons. The van der Waals surface area contributed by atoms with Crippen molar-refractivity contribution < 1.29 is 0 Å². The smallest absolute Gasteiger partial charge is 0.00720 e. The van der Waals surface area contributed by atoms with Gasteiger partial charge in [0.1, 0.15) is 0 Å². The van der Waals surface area contributed by atoms with Crippen LogP contribution in [-0.4, -0.2) is 5.33 Å². The third kappa shape index (κ3) is 3.16. The number of rotatable bonds is 4. The van der Waals surface area contributed by atoms with E-state index in [0.29, 0.717) is 0 Å². The molecule has 0 aliphatic rings. The van der Waals surface area contributed by atoms with Gasteiger partial charge < -0.3 is 0 Å². The van der Waals surface area contributed by atoms with Crippen LogP contribution in [0, 0.1) is 0 Å². The van der Waals surface area contributed by atoms with E-state index in [2.05, 4.69) is 119 Å². The SMILES string of the molecule is BrCCc1cccc2c(-c3ccccc3)c3ccccc3c(-c3ccccc3)c12. The van der Waals surface area contributed by atoms with Crippen molar-refractivity contribution in [2.24, 2.45) is 0 Å². The van der Waals surface area contributed by atoms with Crippen LogP contribution in [0.4, 0.5) is 0 Å². The fourth-order valence-corrected chi connectivity index (χ4v) is 4.86. The second kappa shape index (κ2) is 7.85. The van der Waals surface area contributed by atoms with Crippen molar-refractivity contribution in [1.82, 2.24) is 0 Å². The summed E-state index contributed by atoms with van der Waals surface area (Å²) < 4.78 is 0. The summed E-state index contributed by atoms with van der Waals surface area (Å²) in [5.74, 6) is 0. The normalized spacial score (nSPS) is 11.2. The summed E-state index contributed by atoms with van der Waals surface area (Å²) in [7, 11) is 0. The number of hydrogen-bond donors (Lipinski definition) is 0. The lowest BCUT2D eigenvalue weighted by Crippen LogP contribution is -1.95. The zero-order chi connectivity index (χ0) is 19.6. The average Bonchev–Trinajstić information content (AvgIpc) is 2.79. The van der Waals surface area contributed by atoms with E-state index in [1.807, 2.05) is 0 Å². The fourth-order valence-electron chi connectivity index (χ4n) is 4.43. The van der Waals surface area contributed by atoms with Gasteiger partial charge in [0.05, 0.1) is 0 Å². The van der Waals surface area contributed by atoms with E-state index in [1.54, 1.807) is 0 Å². The van der Waals surface area contributed by atoms with Crippen LogP contribution in [0.1, 0.15) is 5.56 Å². The topological polar surface area (TPSA) is 0 Å². The first kappa shape index (κ1) is 18.1. The lowest BCUT2D eigenvalue weighted by Gasteiger charge is -2.20. The van der Waals surface area contributed by atoms with Gasteiger partial charge in [0.2, 0.25) is 0 Å². The predicted molar refractivity (Wildman–Crippen MR) is 130 cm³/mol. The average molecular weight is 437 g/mol. The second-order valence-electron chi connectivity index (χ2n) is 7.31. The van der Waals surface area contributed by atoms with Crippen molar-refractivity contribution in [3.8, 4) is 22.3 Å². The highest BCUT2D eigenvalue weighted by Gasteiger charge is 2.18. The molecule has 0 nitrogen and oxygen atoms in total. The summed E-state index contributed by atoms with van der Waals surface area (Å²) in [5.41, 5.74) is 6.60. The molecule has 5 aromatic rings. The van der Waals surface area contributed by atoms with E-state index in [1.165, 1.54) is 49.4 Å². The van der Waals surface area contributed by atoms with E-state index in [-0.39, 0.29) is 0 Å². The highest BCUT2D eigenvalue weighted by molar-refractivity contribution is 9.09. The maximum absolute atomic E-state index is 3.67. The van der Waals surface area contributed by atoms with Crippen LogP contribution in [0.15, 0.2) is 103 Å². The Hall–Kier alpha value is -2.90. The minimum Gasteiger partial charge on any atom is -0.0924 e. The zero-order valence-electron chi connectivity index (χ0n) is 16.1. The van der Waals surface area contributed by atoms with Crippen LogP contribution in [0.25, 0.3) is 43.8 Å². The van der Waals surface area contributed by atoms with Gasteiger partial charge in [0.15, 0.2) is 0 Å². The molecule has 0 spiro atoms. The van der Waals surface area contributed by atoms with Crippen LogP contribution in [0.5, 0.6) is 0 Å². The standard InChI is InChI=1S/C28H21Br/c29-19-18-22-14-9-17-25-26(20-10-3-1-4-11-20)23-15-7-8-16-24(23)27(28(22)25)21-12-5-2-6-13-21/h1-17H,18-19H2. The Labute approximate surface area is 180 Å². The molecule has 0 saturated carbocycles. The van der Waals surface area contributed by atoms with Gasteiger partial charge in [-0.2, -0.15) is 0 Å². The van der Waals surface area contributed by atoms with Gasteiger partial charge in [0.25, 0.3) is 0 Å². The first-order chi connectivity index (χ1) is 14.4. The van der Waals surface area contributed by atoms with Gasteiger partial charge in [-0.1, -0.05) is 119 Å². The van der Waals surface area contributed by atoms with Gasteiger partial charge in [-0.15, -0.1) is 0 Å². The molecule has 0 aliphatic heterocycles. The minimum atomic E-state index is 0.952. The summed E-state index contributed by atoms with van der Waals surface area (Å²) in [6.07, 6.45) is 1.00. The maximum Gasteiger partial charge on any atom is 0.00720 e. The van der Waals surface area contributed by atoms with Crippen molar-refractivity contribution >= 4 is 37.5 Å². The summed E-state index contributed by atoms with van der Waals surface area (Å²) in [4.78, 5) is 0. The number of aryl methyl sites for hydroxylation is 1. The lowest BCUT2D eigenvalue weighted by atomic mass is 9.84. The summed E-state index contributed by atoms with van der Waals surface area (Å²) in [5, 5.41) is 6.27. The number of benzene rings is 5. The lowest BCUT2D eigenvalue weighted by molar-refractivity contribution is 1.19. The third-order valence-electron chi connectivity index (χ3n) is 5.62. The van der Waals surface area contributed by atoms with Gasteiger partial charge in [-0.3, -0.25) is 0 Å². The van der Waals surface area contributed by atoms with Crippen LogP contribution >= 0.6 is 15.9 Å². The largest absolute Gasteiger partial charge is 0.0924 e. The molecule has 0 fully saturated rings. The molecule has 1 heteroatoms. The molecule has 5 aromatic carbocycles. The molecule has 0 saturated heterocycles. The number of alkyl halides is 1. The molecule has 0 heterocycles. The Morgan fingerprint density at radius 1 is 0.483 bits per heavy atom. The Balaban J connectivity index is 2.04. The number of fused-ring (bicyclic) bond motifs is 2. The highest BCUT2D eigenvalue weighted by atomic mass is 79.9. The number of halogens is 1. The highest BCUT2D eigenvalue weighted by Crippen LogP contribution is 2.44. The molecule has 0 radical (unpaired) electrons. The first-order valence-electron chi connectivity index (χ1n) is 10.0. The van der Waals surface area contributed by atoms with E-state index < -0.39 is 0 Å². The molecule has 0 unspecified atom stereocenters. The molecule has 0 bridgehead atoms. The van der Waals surface area contributed by atoms with Gasteiger partial charge in [0, 0.05) is 5.33 Å². The van der Waals surface area contributed by atoms with Gasteiger partial charge in [-0.05, 0) is 55.8 Å². The van der Waals surface area contributed by atoms with Gasteiger partial charge >= 0.3 is 0 Å². The summed E-state index contributed by atoms with van der Waals surface area (Å²) >= 11 is 3.67. The number of hydrogen-bond acceptors (Lipinski definition) is 0. The monoisotopic (exact) mass is 436 g/mol. The quantitative estimate of drug-likeness (QED) is 0.196. The summed E-state index contributed by atoms with van der Waals surface area (Å²) in [6, 6.07) is 37.2. The summed E-state index contributed by atoms with van der Waals surface area (Å²) in [6.45, 7) is 0. The Kier molecular flexibility index (Phi) is 4.91. The fraction of sp³-hybridized carbons (Fsp3) is 0.0714. The van der Waals surface area contributed by atoms with Crippen molar-refractivity contribution in [3.63, 3.8) is 0 Å². The van der Waals surface area contributed by atoms with Crippen molar-refractivity contribution in [2.45, 2.75) is 6.42 Å². The van der Waals surface area contributed by atoms with E-state index in [4.69, 9.17) is 0 Å². The van der Waals surface area contributed by atoms with Crippen LogP contribution in [-0.2, 0) is 6.42 Å². The molecule has 0 aromatic heterocycles. The predicted octanol–water partition coefficient (Wildman–Crippen LogP) is 8.26. The molecule has 5 rings (SSSR count). The minimum absolute atomic E-state index is 0.952. The molecule has 0 aliphatic carbocycles. The van der Waals surface area contributed by atoms with E-state index in [0.717, 1.165) is 11.8 Å². The Morgan fingerprint density at radius 2 is 1.00 bits per heavy atom.